The fraction of sp³-hybridized carbons (Fsp3) is 0.571. The predicted molar refractivity (Wildman–Crippen MR) is 72.0 cm³/mol. The molecule has 0 amide bonds. The van der Waals surface area contributed by atoms with Crippen molar-refractivity contribution in [2.75, 3.05) is 7.05 Å². The van der Waals surface area contributed by atoms with E-state index in [4.69, 9.17) is 11.6 Å². The van der Waals surface area contributed by atoms with Gasteiger partial charge in [-0.3, -0.25) is 0 Å². The van der Waals surface area contributed by atoms with Gasteiger partial charge in [0.2, 0.25) is 0 Å². The Morgan fingerprint density at radius 3 is 2.65 bits per heavy atom. The van der Waals surface area contributed by atoms with E-state index >= 15 is 0 Å². The van der Waals surface area contributed by atoms with Crippen molar-refractivity contribution in [3.63, 3.8) is 0 Å². The van der Waals surface area contributed by atoms with E-state index < -0.39 is 0 Å². The Kier molecular flexibility index (Phi) is 5.93. The topological polar surface area (TPSA) is 12.0 Å². The average molecular weight is 258 g/mol. The molecule has 0 bridgehead atoms. The van der Waals surface area contributed by atoms with E-state index in [1.807, 2.05) is 7.05 Å². The lowest BCUT2D eigenvalue weighted by molar-refractivity contribution is 0.393. The molecule has 1 aromatic carbocycles. The number of aryl methyl sites for hydroxylation is 1. The highest BCUT2D eigenvalue weighted by molar-refractivity contribution is 6.31. The lowest BCUT2D eigenvalue weighted by Gasteiger charge is -2.20. The molecule has 0 aliphatic rings. The number of hydrogen-bond donors (Lipinski definition) is 1. The lowest BCUT2D eigenvalue weighted by atomic mass is 9.97. The first-order valence-electron chi connectivity index (χ1n) is 6.15. The zero-order chi connectivity index (χ0) is 12.8. The molecule has 0 aliphatic carbocycles. The summed E-state index contributed by atoms with van der Waals surface area (Å²) in [7, 11) is 1.99. The average Bonchev–Trinajstić information content (AvgIpc) is 2.28. The van der Waals surface area contributed by atoms with E-state index in [-0.39, 0.29) is 5.82 Å². The van der Waals surface area contributed by atoms with Crippen LogP contribution in [-0.2, 0) is 6.42 Å². The first kappa shape index (κ1) is 14.5. The van der Waals surface area contributed by atoms with Gasteiger partial charge in [-0.15, -0.1) is 0 Å². The standard InChI is InChI=1S/C14H21ClFN/c1-10(2)14(17-3)6-4-5-11-9-12(16)7-8-13(11)15/h7-10,14,17H,4-6H2,1-3H3. The van der Waals surface area contributed by atoms with Crippen molar-refractivity contribution in [2.45, 2.75) is 39.2 Å². The molecule has 0 aromatic heterocycles. The Bertz CT molecular complexity index is 352. The summed E-state index contributed by atoms with van der Waals surface area (Å²) in [5.74, 6) is 0.404. The predicted octanol–water partition coefficient (Wildman–Crippen LogP) is 4.05. The largest absolute Gasteiger partial charge is 0.317 e. The highest BCUT2D eigenvalue weighted by atomic mass is 35.5. The molecule has 96 valence electrons. The van der Waals surface area contributed by atoms with Gasteiger partial charge in [-0.25, -0.2) is 4.39 Å². The van der Waals surface area contributed by atoms with Gasteiger partial charge < -0.3 is 5.32 Å². The van der Waals surface area contributed by atoms with Crippen LogP contribution >= 0.6 is 11.6 Å². The summed E-state index contributed by atoms with van der Waals surface area (Å²) in [6, 6.07) is 5.08. The first-order chi connectivity index (χ1) is 8.04. The van der Waals surface area contributed by atoms with E-state index in [0.29, 0.717) is 17.0 Å². The van der Waals surface area contributed by atoms with Gasteiger partial charge in [-0.2, -0.15) is 0 Å². The van der Waals surface area contributed by atoms with Crippen molar-refractivity contribution in [3.05, 3.63) is 34.6 Å². The minimum Gasteiger partial charge on any atom is -0.317 e. The maximum atomic E-state index is 13.1. The van der Waals surface area contributed by atoms with Gasteiger partial charge in [0.15, 0.2) is 0 Å². The third-order valence-corrected chi connectivity index (χ3v) is 3.51. The van der Waals surface area contributed by atoms with Crippen molar-refractivity contribution in [3.8, 4) is 0 Å². The Labute approximate surface area is 108 Å². The summed E-state index contributed by atoms with van der Waals surface area (Å²) in [6.45, 7) is 4.41. The summed E-state index contributed by atoms with van der Waals surface area (Å²) in [6.07, 6.45) is 2.94. The second-order valence-electron chi connectivity index (χ2n) is 4.77. The molecule has 0 spiro atoms. The van der Waals surface area contributed by atoms with Gasteiger partial charge in [-0.05, 0) is 56.0 Å². The Morgan fingerprint density at radius 1 is 1.35 bits per heavy atom. The van der Waals surface area contributed by atoms with E-state index in [9.17, 15) is 4.39 Å². The molecule has 1 rings (SSSR count). The van der Waals surface area contributed by atoms with Gasteiger partial charge in [0, 0.05) is 11.1 Å². The molecule has 0 saturated carbocycles. The molecule has 0 fully saturated rings. The molecule has 17 heavy (non-hydrogen) atoms. The Balaban J connectivity index is 2.47. The SMILES string of the molecule is CNC(CCCc1cc(F)ccc1Cl)C(C)C. The molecule has 1 atom stereocenters. The quantitative estimate of drug-likeness (QED) is 0.811. The van der Waals surface area contributed by atoms with Crippen LogP contribution in [0.25, 0.3) is 0 Å². The molecule has 1 N–H and O–H groups in total. The van der Waals surface area contributed by atoms with Crippen LogP contribution in [0.4, 0.5) is 4.39 Å². The van der Waals surface area contributed by atoms with Crippen LogP contribution in [-0.4, -0.2) is 13.1 Å². The third kappa shape index (κ3) is 4.64. The summed E-state index contributed by atoms with van der Waals surface area (Å²) in [5, 5.41) is 3.97. The van der Waals surface area contributed by atoms with Gasteiger partial charge in [-0.1, -0.05) is 25.4 Å². The summed E-state index contributed by atoms with van der Waals surface area (Å²) >= 11 is 6.03. The van der Waals surface area contributed by atoms with E-state index in [1.165, 1.54) is 12.1 Å². The van der Waals surface area contributed by atoms with Gasteiger partial charge in [0.05, 0.1) is 0 Å². The zero-order valence-electron chi connectivity index (χ0n) is 10.8. The van der Waals surface area contributed by atoms with Gasteiger partial charge >= 0.3 is 0 Å². The van der Waals surface area contributed by atoms with E-state index in [0.717, 1.165) is 24.8 Å². The molecule has 1 unspecified atom stereocenters. The number of hydrogen-bond acceptors (Lipinski definition) is 1. The van der Waals surface area contributed by atoms with E-state index in [2.05, 4.69) is 19.2 Å². The number of halogens is 2. The zero-order valence-corrected chi connectivity index (χ0v) is 11.5. The van der Waals surface area contributed by atoms with Crippen LogP contribution in [0.5, 0.6) is 0 Å². The van der Waals surface area contributed by atoms with Crippen molar-refractivity contribution in [2.24, 2.45) is 5.92 Å². The van der Waals surface area contributed by atoms with Crippen LogP contribution < -0.4 is 5.32 Å². The highest BCUT2D eigenvalue weighted by Gasteiger charge is 2.10. The smallest absolute Gasteiger partial charge is 0.123 e. The van der Waals surface area contributed by atoms with Crippen LogP contribution in [0.1, 0.15) is 32.3 Å². The molecular formula is C14H21ClFN. The van der Waals surface area contributed by atoms with Crippen LogP contribution in [0, 0.1) is 11.7 Å². The van der Waals surface area contributed by atoms with E-state index in [1.54, 1.807) is 6.07 Å². The van der Waals surface area contributed by atoms with Gasteiger partial charge in [0.25, 0.3) is 0 Å². The third-order valence-electron chi connectivity index (χ3n) is 3.14. The molecule has 0 radical (unpaired) electrons. The number of nitrogens with one attached hydrogen (secondary N) is 1. The van der Waals surface area contributed by atoms with Crippen molar-refractivity contribution in [1.82, 2.24) is 5.32 Å². The molecule has 1 aromatic rings. The molecule has 0 heterocycles. The molecule has 0 aliphatic heterocycles. The monoisotopic (exact) mass is 257 g/mol. The van der Waals surface area contributed by atoms with Crippen LogP contribution in [0.3, 0.4) is 0 Å². The second kappa shape index (κ2) is 6.97. The van der Waals surface area contributed by atoms with Crippen molar-refractivity contribution >= 4 is 11.6 Å². The van der Waals surface area contributed by atoms with Crippen LogP contribution in [0.2, 0.25) is 5.02 Å². The number of rotatable bonds is 6. The molecule has 3 heteroatoms. The lowest BCUT2D eigenvalue weighted by Crippen LogP contribution is -2.30. The molecular weight excluding hydrogens is 237 g/mol. The van der Waals surface area contributed by atoms with Crippen molar-refractivity contribution in [1.29, 1.82) is 0 Å². The summed E-state index contributed by atoms with van der Waals surface area (Å²) < 4.78 is 13.1. The summed E-state index contributed by atoms with van der Waals surface area (Å²) in [4.78, 5) is 0. The number of benzene rings is 1. The minimum absolute atomic E-state index is 0.210. The highest BCUT2D eigenvalue weighted by Crippen LogP contribution is 2.20. The maximum Gasteiger partial charge on any atom is 0.123 e. The Morgan fingerprint density at radius 2 is 2.06 bits per heavy atom. The molecule has 0 saturated heterocycles. The van der Waals surface area contributed by atoms with Crippen molar-refractivity contribution < 1.29 is 4.39 Å². The maximum absolute atomic E-state index is 13.1. The summed E-state index contributed by atoms with van der Waals surface area (Å²) in [5.41, 5.74) is 0.908. The fourth-order valence-electron chi connectivity index (χ4n) is 2.06. The minimum atomic E-state index is -0.210. The molecule has 1 nitrogen and oxygen atoms in total. The Hall–Kier alpha value is -0.600. The van der Waals surface area contributed by atoms with Crippen LogP contribution in [0.15, 0.2) is 18.2 Å². The second-order valence-corrected chi connectivity index (χ2v) is 5.17. The van der Waals surface area contributed by atoms with Gasteiger partial charge in [0.1, 0.15) is 5.82 Å². The normalized spacial score (nSPS) is 13.1. The first-order valence-corrected chi connectivity index (χ1v) is 6.53. The fourth-order valence-corrected chi connectivity index (χ4v) is 2.27.